The number of benzene rings is 1. The quantitative estimate of drug-likeness (QED) is 0.906. The molecule has 0 saturated heterocycles. The molecule has 0 amide bonds. The zero-order valence-electron chi connectivity index (χ0n) is 11.8. The van der Waals surface area contributed by atoms with E-state index in [1.165, 1.54) is 5.56 Å². The highest BCUT2D eigenvalue weighted by Gasteiger charge is 2.30. The summed E-state index contributed by atoms with van der Waals surface area (Å²) in [5, 5.41) is 1.99. The number of thioether (sulfide) groups is 1. The van der Waals surface area contributed by atoms with Gasteiger partial charge in [-0.15, -0.1) is 0 Å². The van der Waals surface area contributed by atoms with E-state index in [4.69, 9.17) is 17.3 Å². The molecule has 1 saturated carbocycles. The third kappa shape index (κ3) is 3.60. The molecule has 1 aromatic carbocycles. The van der Waals surface area contributed by atoms with Crippen LogP contribution in [0.5, 0.6) is 0 Å². The van der Waals surface area contributed by atoms with Gasteiger partial charge in [-0.3, -0.25) is 0 Å². The zero-order valence-corrected chi connectivity index (χ0v) is 13.4. The lowest BCUT2D eigenvalue weighted by atomic mass is 9.82. The second kappa shape index (κ2) is 6.82. The molecule has 3 unspecified atom stereocenters. The van der Waals surface area contributed by atoms with Crippen molar-refractivity contribution in [2.75, 3.05) is 0 Å². The SMILES string of the molecule is NC1CCC(c2ccccc2)CC1Sc1ncccc1Cl. The standard InChI is InChI=1S/C17H19ClN2S/c18-14-7-4-10-20-17(14)21-16-11-13(8-9-15(16)19)12-5-2-1-3-6-12/h1-7,10,13,15-16H,8-9,11,19H2. The summed E-state index contributed by atoms with van der Waals surface area (Å²) in [5.74, 6) is 0.589. The molecule has 21 heavy (non-hydrogen) atoms. The second-order valence-electron chi connectivity index (χ2n) is 5.53. The monoisotopic (exact) mass is 318 g/mol. The zero-order chi connectivity index (χ0) is 14.7. The number of rotatable bonds is 3. The van der Waals surface area contributed by atoms with Crippen LogP contribution in [-0.4, -0.2) is 16.3 Å². The molecule has 1 fully saturated rings. The minimum absolute atomic E-state index is 0.216. The Morgan fingerprint density at radius 2 is 1.90 bits per heavy atom. The summed E-state index contributed by atoms with van der Waals surface area (Å²) in [6, 6.07) is 14.7. The number of halogens is 1. The highest BCUT2D eigenvalue weighted by molar-refractivity contribution is 8.00. The van der Waals surface area contributed by atoms with Crippen LogP contribution < -0.4 is 5.73 Å². The summed E-state index contributed by atoms with van der Waals surface area (Å²) in [5.41, 5.74) is 7.74. The molecular formula is C17H19ClN2S. The Morgan fingerprint density at radius 3 is 2.67 bits per heavy atom. The molecule has 1 aliphatic rings. The van der Waals surface area contributed by atoms with Gasteiger partial charge >= 0.3 is 0 Å². The smallest absolute Gasteiger partial charge is 0.115 e. The number of nitrogens with zero attached hydrogens (tertiary/aromatic N) is 1. The van der Waals surface area contributed by atoms with Crippen molar-refractivity contribution in [1.29, 1.82) is 0 Å². The lowest BCUT2D eigenvalue weighted by Crippen LogP contribution is -2.37. The molecule has 4 heteroatoms. The van der Waals surface area contributed by atoms with Gasteiger partial charge in [0.05, 0.1) is 5.02 Å². The van der Waals surface area contributed by atoms with Crippen molar-refractivity contribution in [2.45, 2.75) is 41.5 Å². The summed E-state index contributed by atoms with van der Waals surface area (Å²) >= 11 is 7.95. The van der Waals surface area contributed by atoms with E-state index in [0.717, 1.165) is 29.3 Å². The molecule has 1 aromatic heterocycles. The van der Waals surface area contributed by atoms with Gasteiger partial charge < -0.3 is 5.73 Å². The molecule has 2 N–H and O–H groups in total. The van der Waals surface area contributed by atoms with E-state index >= 15 is 0 Å². The fourth-order valence-electron chi connectivity index (χ4n) is 2.92. The van der Waals surface area contributed by atoms with Gasteiger partial charge in [-0.05, 0) is 42.9 Å². The van der Waals surface area contributed by atoms with Gasteiger partial charge in [-0.25, -0.2) is 4.98 Å². The molecule has 3 rings (SSSR count). The van der Waals surface area contributed by atoms with E-state index in [-0.39, 0.29) is 6.04 Å². The van der Waals surface area contributed by atoms with Crippen LogP contribution >= 0.6 is 23.4 Å². The highest BCUT2D eigenvalue weighted by atomic mass is 35.5. The maximum Gasteiger partial charge on any atom is 0.115 e. The van der Waals surface area contributed by atoms with Crippen LogP contribution in [0.2, 0.25) is 5.02 Å². The first-order chi connectivity index (χ1) is 10.2. The summed E-state index contributed by atoms with van der Waals surface area (Å²) in [4.78, 5) is 4.38. The lowest BCUT2D eigenvalue weighted by molar-refractivity contribution is 0.406. The van der Waals surface area contributed by atoms with Crippen LogP contribution in [0.15, 0.2) is 53.7 Å². The minimum atomic E-state index is 0.216. The van der Waals surface area contributed by atoms with Gasteiger partial charge in [-0.2, -0.15) is 0 Å². The molecule has 0 spiro atoms. The predicted octanol–water partition coefficient (Wildman–Crippen LogP) is 4.49. The first-order valence-electron chi connectivity index (χ1n) is 7.31. The Labute approximate surface area is 135 Å². The van der Waals surface area contributed by atoms with E-state index in [2.05, 4.69) is 35.3 Å². The number of nitrogens with two attached hydrogens (primary N) is 1. The third-order valence-electron chi connectivity index (χ3n) is 4.10. The highest BCUT2D eigenvalue weighted by Crippen LogP contribution is 2.40. The van der Waals surface area contributed by atoms with Crippen LogP contribution in [-0.2, 0) is 0 Å². The van der Waals surface area contributed by atoms with Crippen molar-refractivity contribution in [3.8, 4) is 0 Å². The van der Waals surface area contributed by atoms with E-state index in [1.54, 1.807) is 18.0 Å². The first kappa shape index (κ1) is 14.9. The van der Waals surface area contributed by atoms with Crippen molar-refractivity contribution >= 4 is 23.4 Å². The Hall–Kier alpha value is -1.03. The summed E-state index contributed by atoms with van der Waals surface area (Å²) < 4.78 is 0. The van der Waals surface area contributed by atoms with Gasteiger partial charge in [0.25, 0.3) is 0 Å². The average molecular weight is 319 g/mol. The maximum absolute atomic E-state index is 6.33. The van der Waals surface area contributed by atoms with Crippen LogP contribution in [0.1, 0.15) is 30.7 Å². The molecule has 1 aliphatic carbocycles. The van der Waals surface area contributed by atoms with Crippen molar-refractivity contribution in [1.82, 2.24) is 4.98 Å². The first-order valence-corrected chi connectivity index (χ1v) is 8.57. The van der Waals surface area contributed by atoms with Gasteiger partial charge in [0.1, 0.15) is 5.03 Å². The summed E-state index contributed by atoms with van der Waals surface area (Å²) in [6.07, 6.45) is 5.10. The molecule has 110 valence electrons. The minimum Gasteiger partial charge on any atom is -0.327 e. The lowest BCUT2D eigenvalue weighted by Gasteiger charge is -2.33. The molecule has 2 aromatic rings. The van der Waals surface area contributed by atoms with Crippen LogP contribution in [0.4, 0.5) is 0 Å². The van der Waals surface area contributed by atoms with Crippen LogP contribution in [0.25, 0.3) is 0 Å². The van der Waals surface area contributed by atoms with E-state index in [0.29, 0.717) is 11.2 Å². The van der Waals surface area contributed by atoms with Crippen molar-refractivity contribution in [3.63, 3.8) is 0 Å². The predicted molar refractivity (Wildman–Crippen MR) is 89.9 cm³/mol. The normalized spacial score (nSPS) is 25.7. The maximum atomic E-state index is 6.33. The molecular weight excluding hydrogens is 300 g/mol. The van der Waals surface area contributed by atoms with E-state index in [1.807, 2.05) is 12.1 Å². The number of hydrogen-bond acceptors (Lipinski definition) is 3. The number of hydrogen-bond donors (Lipinski definition) is 1. The largest absolute Gasteiger partial charge is 0.327 e. The Bertz CT molecular complexity index is 590. The van der Waals surface area contributed by atoms with Gasteiger partial charge in [0.15, 0.2) is 0 Å². The van der Waals surface area contributed by atoms with E-state index in [9.17, 15) is 0 Å². The van der Waals surface area contributed by atoms with E-state index < -0.39 is 0 Å². The van der Waals surface area contributed by atoms with Crippen molar-refractivity contribution in [3.05, 3.63) is 59.2 Å². The fraction of sp³-hybridized carbons (Fsp3) is 0.353. The average Bonchev–Trinajstić information content (AvgIpc) is 2.52. The number of pyridine rings is 1. The summed E-state index contributed by atoms with van der Waals surface area (Å²) in [7, 11) is 0. The summed E-state index contributed by atoms with van der Waals surface area (Å²) in [6.45, 7) is 0. The molecule has 2 nitrogen and oxygen atoms in total. The molecule has 0 radical (unpaired) electrons. The van der Waals surface area contributed by atoms with Gasteiger partial charge in [0, 0.05) is 17.5 Å². The second-order valence-corrected chi connectivity index (χ2v) is 7.17. The Balaban J connectivity index is 1.74. The Kier molecular flexibility index (Phi) is 4.84. The Morgan fingerprint density at radius 1 is 1.10 bits per heavy atom. The fourth-order valence-corrected chi connectivity index (χ4v) is 4.40. The van der Waals surface area contributed by atoms with Crippen molar-refractivity contribution in [2.24, 2.45) is 5.73 Å². The molecule has 3 atom stereocenters. The topological polar surface area (TPSA) is 38.9 Å². The number of aromatic nitrogens is 1. The molecule has 0 bridgehead atoms. The van der Waals surface area contributed by atoms with Crippen LogP contribution in [0, 0.1) is 0 Å². The van der Waals surface area contributed by atoms with Crippen molar-refractivity contribution < 1.29 is 0 Å². The molecule has 0 aliphatic heterocycles. The third-order valence-corrected chi connectivity index (χ3v) is 5.91. The van der Waals surface area contributed by atoms with Gasteiger partial charge in [-0.1, -0.05) is 53.7 Å². The molecule has 1 heterocycles. The van der Waals surface area contributed by atoms with Gasteiger partial charge in [0.2, 0.25) is 0 Å². The van der Waals surface area contributed by atoms with Crippen LogP contribution in [0.3, 0.4) is 0 Å².